The lowest BCUT2D eigenvalue weighted by Gasteiger charge is -2.17. The highest BCUT2D eigenvalue weighted by molar-refractivity contribution is 5.54. The molecule has 1 aromatic carbocycles. The van der Waals surface area contributed by atoms with Crippen LogP contribution in [0.3, 0.4) is 0 Å². The molecule has 1 atom stereocenters. The van der Waals surface area contributed by atoms with Crippen LogP contribution in [-0.4, -0.2) is 21.3 Å². The molecule has 0 aromatic heterocycles. The minimum Gasteiger partial charge on any atom is -0.502 e. The Balaban J connectivity index is 3.44. The Hall–Kier alpha value is -1.87. The van der Waals surface area contributed by atoms with Crippen molar-refractivity contribution >= 4 is 5.69 Å². The normalized spacial score (nSPS) is 13.4. The molecule has 0 unspecified atom stereocenters. The Morgan fingerprint density at radius 2 is 2.00 bits per heavy atom. The van der Waals surface area contributed by atoms with Crippen LogP contribution in [-0.2, 0) is 6.61 Å². The van der Waals surface area contributed by atoms with Gasteiger partial charge in [-0.15, -0.1) is 0 Å². The summed E-state index contributed by atoms with van der Waals surface area (Å²) in [5.74, 6) is -1.15. The van der Waals surface area contributed by atoms with Gasteiger partial charge in [0.05, 0.1) is 11.5 Å². The number of hydrogen-bond acceptors (Lipinski definition) is 5. The van der Waals surface area contributed by atoms with Crippen molar-refractivity contribution in [3.8, 4) is 5.75 Å². The second-order valence-corrected chi connectivity index (χ2v) is 3.49. The number of nitrogens with zero attached hydrogens (tertiary/aromatic N) is 1. The van der Waals surface area contributed by atoms with Gasteiger partial charge < -0.3 is 15.9 Å². The number of alkyl halides is 3. The van der Waals surface area contributed by atoms with Crippen molar-refractivity contribution in [3.63, 3.8) is 0 Å². The fraction of sp³-hybridized carbons (Fsp3) is 0.333. The third-order valence-electron chi connectivity index (χ3n) is 2.25. The molecule has 1 rings (SSSR count). The molecule has 0 aliphatic rings. The van der Waals surface area contributed by atoms with Gasteiger partial charge in [-0.25, -0.2) is 0 Å². The molecular weight excluding hydrogens is 257 g/mol. The summed E-state index contributed by atoms with van der Waals surface area (Å²) >= 11 is 0. The van der Waals surface area contributed by atoms with Crippen molar-refractivity contribution in [3.05, 3.63) is 33.4 Å². The van der Waals surface area contributed by atoms with Crippen molar-refractivity contribution < 1.29 is 28.3 Å². The largest absolute Gasteiger partial charge is 0.502 e. The summed E-state index contributed by atoms with van der Waals surface area (Å²) < 4.78 is 37.2. The van der Waals surface area contributed by atoms with E-state index in [0.717, 1.165) is 12.1 Å². The van der Waals surface area contributed by atoms with Crippen LogP contribution in [0.4, 0.5) is 18.9 Å². The van der Waals surface area contributed by atoms with Crippen LogP contribution in [0.2, 0.25) is 0 Å². The second-order valence-electron chi connectivity index (χ2n) is 3.49. The molecular formula is C9H9F3N2O4. The number of halogens is 3. The van der Waals surface area contributed by atoms with E-state index in [1.165, 1.54) is 0 Å². The minimum absolute atomic E-state index is 0.144. The summed E-state index contributed by atoms with van der Waals surface area (Å²) in [6.45, 7) is -0.710. The average Bonchev–Trinajstić information content (AvgIpc) is 2.26. The quantitative estimate of drug-likeness (QED) is 0.565. The third kappa shape index (κ3) is 2.68. The lowest BCUT2D eigenvalue weighted by Crippen LogP contribution is -2.28. The van der Waals surface area contributed by atoms with Crippen molar-refractivity contribution in [2.24, 2.45) is 5.73 Å². The summed E-state index contributed by atoms with van der Waals surface area (Å²) in [4.78, 5) is 9.50. The fourth-order valence-electron chi connectivity index (χ4n) is 1.35. The number of rotatable bonds is 3. The van der Waals surface area contributed by atoms with Gasteiger partial charge in [0.15, 0.2) is 5.75 Å². The number of nitro benzene ring substituents is 1. The van der Waals surface area contributed by atoms with Gasteiger partial charge in [0, 0.05) is 11.6 Å². The fourth-order valence-corrected chi connectivity index (χ4v) is 1.35. The lowest BCUT2D eigenvalue weighted by molar-refractivity contribution is -0.386. The first kappa shape index (κ1) is 14.2. The molecule has 1 aromatic rings. The molecule has 0 aliphatic heterocycles. The Kier molecular flexibility index (Phi) is 3.77. The standard InChI is InChI=1S/C9H9F3N2O4/c10-9(11,12)8(13)5-1-4(3-15)2-6(7(5)16)14(17)18/h1-2,8,15-16H,3,13H2/t8-/m0/s1. The molecule has 6 nitrogen and oxygen atoms in total. The molecule has 0 saturated heterocycles. The average molecular weight is 266 g/mol. The zero-order chi connectivity index (χ0) is 14.1. The lowest BCUT2D eigenvalue weighted by atomic mass is 10.0. The number of aliphatic hydroxyl groups excluding tert-OH is 1. The van der Waals surface area contributed by atoms with E-state index in [2.05, 4.69) is 0 Å². The summed E-state index contributed by atoms with van der Waals surface area (Å²) in [6, 6.07) is -1.01. The molecule has 0 bridgehead atoms. The zero-order valence-electron chi connectivity index (χ0n) is 8.81. The van der Waals surface area contributed by atoms with Gasteiger partial charge in [0.2, 0.25) is 0 Å². The van der Waals surface area contributed by atoms with Gasteiger partial charge in [0.25, 0.3) is 0 Å². The number of phenols is 1. The van der Waals surface area contributed by atoms with Crippen molar-refractivity contribution in [1.82, 2.24) is 0 Å². The summed E-state index contributed by atoms with van der Waals surface area (Å²) in [5.41, 5.74) is 2.95. The first-order valence-electron chi connectivity index (χ1n) is 4.61. The SMILES string of the molecule is N[C@@H](c1cc(CO)cc([N+](=O)[O-])c1O)C(F)(F)F. The molecule has 9 heteroatoms. The molecule has 0 aliphatic carbocycles. The highest BCUT2D eigenvalue weighted by Gasteiger charge is 2.40. The van der Waals surface area contributed by atoms with Gasteiger partial charge in [-0.3, -0.25) is 10.1 Å². The Morgan fingerprint density at radius 1 is 1.44 bits per heavy atom. The van der Waals surface area contributed by atoms with Gasteiger partial charge in [-0.1, -0.05) is 0 Å². The van der Waals surface area contributed by atoms with Crippen LogP contribution < -0.4 is 5.73 Å². The molecule has 0 radical (unpaired) electrons. The van der Waals surface area contributed by atoms with E-state index in [1.54, 1.807) is 0 Å². The summed E-state index contributed by atoms with van der Waals surface area (Å²) in [5, 5.41) is 28.8. The van der Waals surface area contributed by atoms with Crippen molar-refractivity contribution in [2.75, 3.05) is 0 Å². The zero-order valence-corrected chi connectivity index (χ0v) is 8.81. The van der Waals surface area contributed by atoms with Crippen LogP contribution in [0, 0.1) is 10.1 Å². The van der Waals surface area contributed by atoms with E-state index in [1.807, 2.05) is 0 Å². The minimum atomic E-state index is -4.86. The molecule has 0 heterocycles. The highest BCUT2D eigenvalue weighted by Crippen LogP contribution is 2.40. The maximum Gasteiger partial charge on any atom is 0.407 e. The number of benzene rings is 1. The van der Waals surface area contributed by atoms with Crippen LogP contribution in [0.5, 0.6) is 5.75 Å². The second kappa shape index (κ2) is 4.78. The van der Waals surface area contributed by atoms with Gasteiger partial charge >= 0.3 is 11.9 Å². The number of nitro groups is 1. The monoisotopic (exact) mass is 266 g/mol. The Labute approximate surface area is 98.6 Å². The predicted molar refractivity (Wildman–Crippen MR) is 53.7 cm³/mol. The molecule has 0 amide bonds. The van der Waals surface area contributed by atoms with Crippen molar-refractivity contribution in [2.45, 2.75) is 18.8 Å². The van der Waals surface area contributed by atoms with Crippen LogP contribution in [0.15, 0.2) is 12.1 Å². The van der Waals surface area contributed by atoms with Crippen LogP contribution in [0.25, 0.3) is 0 Å². The van der Waals surface area contributed by atoms with Crippen LogP contribution in [0.1, 0.15) is 17.2 Å². The third-order valence-corrected chi connectivity index (χ3v) is 2.25. The first-order valence-corrected chi connectivity index (χ1v) is 4.61. The number of aromatic hydroxyl groups is 1. The number of nitrogens with two attached hydrogens (primary N) is 1. The predicted octanol–water partition coefficient (Wildman–Crippen LogP) is 1.35. The molecule has 18 heavy (non-hydrogen) atoms. The van der Waals surface area contributed by atoms with Gasteiger partial charge in [-0.2, -0.15) is 13.2 Å². The molecule has 0 fully saturated rings. The van der Waals surface area contributed by atoms with Gasteiger partial charge in [0.1, 0.15) is 6.04 Å². The number of phenolic OH excluding ortho intramolecular Hbond substituents is 1. The summed E-state index contributed by atoms with van der Waals surface area (Å²) in [6.07, 6.45) is -4.86. The van der Waals surface area contributed by atoms with E-state index < -0.39 is 40.7 Å². The summed E-state index contributed by atoms with van der Waals surface area (Å²) in [7, 11) is 0. The van der Waals surface area contributed by atoms with Gasteiger partial charge in [-0.05, 0) is 11.6 Å². The molecule has 0 saturated carbocycles. The maximum absolute atomic E-state index is 12.4. The van der Waals surface area contributed by atoms with Crippen molar-refractivity contribution in [1.29, 1.82) is 0 Å². The van der Waals surface area contributed by atoms with E-state index in [-0.39, 0.29) is 5.56 Å². The van der Waals surface area contributed by atoms with Crippen LogP contribution >= 0.6 is 0 Å². The molecule has 0 spiro atoms. The van der Waals surface area contributed by atoms with E-state index in [4.69, 9.17) is 10.8 Å². The topological polar surface area (TPSA) is 110 Å². The van der Waals surface area contributed by atoms with E-state index in [9.17, 15) is 28.4 Å². The molecule has 100 valence electrons. The highest BCUT2D eigenvalue weighted by atomic mass is 19.4. The molecule has 4 N–H and O–H groups in total. The number of aliphatic hydroxyl groups is 1. The smallest absolute Gasteiger partial charge is 0.407 e. The van der Waals surface area contributed by atoms with E-state index >= 15 is 0 Å². The van der Waals surface area contributed by atoms with E-state index in [0.29, 0.717) is 0 Å². The first-order chi connectivity index (χ1) is 8.18. The Morgan fingerprint density at radius 3 is 2.39 bits per heavy atom. The maximum atomic E-state index is 12.4. The Bertz CT molecular complexity index is 476. The number of hydrogen-bond donors (Lipinski definition) is 3.